The molecule has 17 heavy (non-hydrogen) atoms. The highest BCUT2D eigenvalue weighted by Gasteiger charge is 2.02. The Morgan fingerprint density at radius 2 is 2.12 bits per heavy atom. The fourth-order valence-electron chi connectivity index (χ4n) is 1.36. The summed E-state index contributed by atoms with van der Waals surface area (Å²) in [4.78, 5) is 7.95. The smallest absolute Gasteiger partial charge is 0.239 e. The molecule has 1 aromatic heterocycles. The summed E-state index contributed by atoms with van der Waals surface area (Å²) in [5.41, 5.74) is 3.93. The number of halogens is 1. The lowest BCUT2D eigenvalue weighted by Crippen LogP contribution is -2.11. The minimum absolute atomic E-state index is 0.295. The SMILES string of the molecule is Cc1ccc(F)cc1Nc1ccnc(NN)n1. The van der Waals surface area contributed by atoms with Crippen molar-refractivity contribution in [3.63, 3.8) is 0 Å². The standard InChI is InChI=1S/C11H12FN5/c1-7-2-3-8(12)6-9(7)15-10-4-5-14-11(16-10)17-13/h2-6H,13H2,1H3,(H2,14,15,16,17). The minimum atomic E-state index is -0.302. The van der Waals surface area contributed by atoms with Gasteiger partial charge < -0.3 is 5.32 Å². The van der Waals surface area contributed by atoms with Gasteiger partial charge in [-0.05, 0) is 30.7 Å². The predicted octanol–water partition coefficient (Wildman–Crippen LogP) is 1.95. The molecule has 0 radical (unpaired) electrons. The van der Waals surface area contributed by atoms with Gasteiger partial charge in [0, 0.05) is 11.9 Å². The maximum absolute atomic E-state index is 13.1. The third kappa shape index (κ3) is 2.67. The van der Waals surface area contributed by atoms with E-state index in [1.54, 1.807) is 18.3 Å². The van der Waals surface area contributed by atoms with Crippen LogP contribution in [0.1, 0.15) is 5.56 Å². The number of benzene rings is 1. The predicted molar refractivity (Wildman–Crippen MR) is 64.3 cm³/mol. The van der Waals surface area contributed by atoms with Crippen molar-refractivity contribution in [1.82, 2.24) is 9.97 Å². The van der Waals surface area contributed by atoms with Crippen LogP contribution < -0.4 is 16.6 Å². The maximum Gasteiger partial charge on any atom is 0.239 e. The Balaban J connectivity index is 2.27. The van der Waals surface area contributed by atoms with Crippen LogP contribution in [0, 0.1) is 12.7 Å². The van der Waals surface area contributed by atoms with Crippen LogP contribution in [0.2, 0.25) is 0 Å². The van der Waals surface area contributed by atoms with Gasteiger partial charge in [0.15, 0.2) is 0 Å². The molecule has 0 unspecified atom stereocenters. The van der Waals surface area contributed by atoms with Gasteiger partial charge in [0.1, 0.15) is 11.6 Å². The lowest BCUT2D eigenvalue weighted by Gasteiger charge is -2.09. The second kappa shape index (κ2) is 4.75. The molecular weight excluding hydrogens is 221 g/mol. The van der Waals surface area contributed by atoms with E-state index in [1.807, 2.05) is 6.92 Å². The number of nitrogens with two attached hydrogens (primary N) is 1. The molecule has 0 aliphatic heterocycles. The summed E-state index contributed by atoms with van der Waals surface area (Å²) in [6.45, 7) is 1.88. The van der Waals surface area contributed by atoms with Crippen molar-refractivity contribution in [2.45, 2.75) is 6.92 Å². The van der Waals surface area contributed by atoms with E-state index in [4.69, 9.17) is 5.84 Å². The molecule has 0 saturated heterocycles. The van der Waals surface area contributed by atoms with Crippen LogP contribution in [0.15, 0.2) is 30.5 Å². The van der Waals surface area contributed by atoms with Crippen LogP contribution in [-0.4, -0.2) is 9.97 Å². The molecule has 0 amide bonds. The molecule has 2 aromatic rings. The molecule has 0 atom stereocenters. The van der Waals surface area contributed by atoms with Gasteiger partial charge in [-0.2, -0.15) is 4.98 Å². The van der Waals surface area contributed by atoms with Gasteiger partial charge in [-0.1, -0.05) is 6.07 Å². The molecule has 0 aliphatic rings. The highest BCUT2D eigenvalue weighted by molar-refractivity contribution is 5.60. The van der Waals surface area contributed by atoms with E-state index in [9.17, 15) is 4.39 Å². The van der Waals surface area contributed by atoms with Gasteiger partial charge in [-0.25, -0.2) is 15.2 Å². The second-order valence-electron chi connectivity index (χ2n) is 3.49. The molecule has 4 N–H and O–H groups in total. The first-order valence-corrected chi connectivity index (χ1v) is 5.02. The summed E-state index contributed by atoms with van der Waals surface area (Å²) in [5.74, 6) is 5.74. The molecular formula is C11H12FN5. The first-order chi connectivity index (χ1) is 8.19. The number of aromatic nitrogens is 2. The van der Waals surface area contributed by atoms with Gasteiger partial charge in [0.2, 0.25) is 5.95 Å². The Hall–Kier alpha value is -2.21. The van der Waals surface area contributed by atoms with Crippen LogP contribution in [0.3, 0.4) is 0 Å². The molecule has 0 fully saturated rings. The second-order valence-corrected chi connectivity index (χ2v) is 3.49. The van der Waals surface area contributed by atoms with Crippen LogP contribution in [0.5, 0.6) is 0 Å². The van der Waals surface area contributed by atoms with Crippen molar-refractivity contribution in [3.05, 3.63) is 41.8 Å². The number of nitrogen functional groups attached to an aromatic ring is 1. The number of anilines is 3. The van der Waals surface area contributed by atoms with E-state index in [1.165, 1.54) is 12.1 Å². The average Bonchev–Trinajstić information content (AvgIpc) is 2.34. The number of hydrogen-bond donors (Lipinski definition) is 3. The summed E-state index contributed by atoms with van der Waals surface area (Å²) in [7, 11) is 0. The van der Waals surface area contributed by atoms with Gasteiger partial charge in [0.05, 0.1) is 0 Å². The summed E-state index contributed by atoms with van der Waals surface area (Å²) in [6.07, 6.45) is 1.55. The molecule has 88 valence electrons. The van der Waals surface area contributed by atoms with Crippen molar-refractivity contribution in [2.24, 2.45) is 5.84 Å². The average molecular weight is 233 g/mol. The van der Waals surface area contributed by atoms with Crippen molar-refractivity contribution in [3.8, 4) is 0 Å². The van der Waals surface area contributed by atoms with Crippen molar-refractivity contribution in [2.75, 3.05) is 10.7 Å². The Bertz CT molecular complexity index is 529. The molecule has 0 spiro atoms. The van der Waals surface area contributed by atoms with E-state index < -0.39 is 0 Å². The number of nitrogens with one attached hydrogen (secondary N) is 2. The largest absolute Gasteiger partial charge is 0.340 e. The summed E-state index contributed by atoms with van der Waals surface area (Å²) in [5, 5.41) is 3.00. The fraction of sp³-hybridized carbons (Fsp3) is 0.0909. The third-order valence-corrected chi connectivity index (χ3v) is 2.25. The van der Waals surface area contributed by atoms with E-state index in [-0.39, 0.29) is 5.82 Å². The topological polar surface area (TPSA) is 75.9 Å². The molecule has 0 aliphatic carbocycles. The van der Waals surface area contributed by atoms with Gasteiger partial charge >= 0.3 is 0 Å². The summed E-state index contributed by atoms with van der Waals surface area (Å²) in [6, 6.07) is 6.19. The van der Waals surface area contributed by atoms with Crippen LogP contribution in [0.25, 0.3) is 0 Å². The fourth-order valence-corrected chi connectivity index (χ4v) is 1.36. The number of nitrogens with zero attached hydrogens (tertiary/aromatic N) is 2. The zero-order valence-electron chi connectivity index (χ0n) is 9.24. The normalized spacial score (nSPS) is 10.1. The number of hydrazine groups is 1. The molecule has 0 bridgehead atoms. The first kappa shape index (κ1) is 11.3. The third-order valence-electron chi connectivity index (χ3n) is 2.25. The Kier molecular flexibility index (Phi) is 3.15. The molecule has 1 aromatic carbocycles. The monoisotopic (exact) mass is 233 g/mol. The number of hydrogen-bond acceptors (Lipinski definition) is 5. The first-order valence-electron chi connectivity index (χ1n) is 5.02. The maximum atomic E-state index is 13.1. The zero-order valence-corrected chi connectivity index (χ0v) is 9.24. The van der Waals surface area contributed by atoms with Gasteiger partial charge in [0.25, 0.3) is 0 Å². The zero-order chi connectivity index (χ0) is 12.3. The Labute approximate surface area is 97.9 Å². The number of aryl methyl sites for hydroxylation is 1. The van der Waals surface area contributed by atoms with Crippen LogP contribution >= 0.6 is 0 Å². The lowest BCUT2D eigenvalue weighted by molar-refractivity contribution is 0.628. The lowest BCUT2D eigenvalue weighted by atomic mass is 10.2. The Morgan fingerprint density at radius 3 is 2.88 bits per heavy atom. The van der Waals surface area contributed by atoms with Crippen LogP contribution in [-0.2, 0) is 0 Å². The molecule has 1 heterocycles. The van der Waals surface area contributed by atoms with E-state index >= 15 is 0 Å². The Morgan fingerprint density at radius 1 is 1.29 bits per heavy atom. The van der Waals surface area contributed by atoms with Crippen molar-refractivity contribution in [1.29, 1.82) is 0 Å². The molecule has 6 heteroatoms. The molecule has 5 nitrogen and oxygen atoms in total. The molecule has 0 saturated carbocycles. The van der Waals surface area contributed by atoms with Crippen LogP contribution in [0.4, 0.5) is 21.8 Å². The number of rotatable bonds is 3. The van der Waals surface area contributed by atoms with Crippen molar-refractivity contribution < 1.29 is 4.39 Å². The van der Waals surface area contributed by atoms with Crippen molar-refractivity contribution >= 4 is 17.5 Å². The quantitative estimate of drug-likeness (QED) is 0.558. The highest BCUT2D eigenvalue weighted by atomic mass is 19.1. The highest BCUT2D eigenvalue weighted by Crippen LogP contribution is 2.20. The summed E-state index contributed by atoms with van der Waals surface area (Å²) >= 11 is 0. The van der Waals surface area contributed by atoms with Gasteiger partial charge in [-0.15, -0.1) is 0 Å². The van der Waals surface area contributed by atoms with E-state index in [0.29, 0.717) is 17.5 Å². The van der Waals surface area contributed by atoms with E-state index in [0.717, 1.165) is 5.56 Å². The summed E-state index contributed by atoms with van der Waals surface area (Å²) < 4.78 is 13.1. The molecule has 2 rings (SSSR count). The van der Waals surface area contributed by atoms with E-state index in [2.05, 4.69) is 20.7 Å². The van der Waals surface area contributed by atoms with Gasteiger partial charge in [-0.3, -0.25) is 5.43 Å². The minimum Gasteiger partial charge on any atom is -0.340 e.